The summed E-state index contributed by atoms with van der Waals surface area (Å²) in [4.78, 5) is 6.17. The Labute approximate surface area is 178 Å². The lowest BCUT2D eigenvalue weighted by Gasteiger charge is -2.38. The van der Waals surface area contributed by atoms with E-state index in [9.17, 15) is 5.11 Å². The van der Waals surface area contributed by atoms with Crippen LogP contribution in [0.25, 0.3) is 22.2 Å². The third kappa shape index (κ3) is 3.67. The quantitative estimate of drug-likeness (QED) is 0.472. The third-order valence-electron chi connectivity index (χ3n) is 6.54. The van der Waals surface area contributed by atoms with Crippen molar-refractivity contribution >= 4 is 10.9 Å². The minimum atomic E-state index is 0.232. The number of piperidine rings is 1. The van der Waals surface area contributed by atoms with E-state index in [1.165, 1.54) is 33.3 Å². The number of aliphatic hydroxyl groups excluding tert-OH is 1. The van der Waals surface area contributed by atoms with Gasteiger partial charge in [-0.15, -0.1) is 0 Å². The first-order valence-corrected chi connectivity index (χ1v) is 10.9. The number of hydrogen-bond donors (Lipinski definition) is 2. The average Bonchev–Trinajstić information content (AvgIpc) is 3.18. The molecule has 3 heteroatoms. The molecule has 1 saturated heterocycles. The molecule has 0 amide bonds. The second-order valence-electron chi connectivity index (χ2n) is 8.37. The van der Waals surface area contributed by atoms with Gasteiger partial charge >= 0.3 is 0 Å². The largest absolute Gasteiger partial charge is 0.396 e. The number of nitrogens with one attached hydrogen (secondary N) is 1. The Morgan fingerprint density at radius 1 is 0.867 bits per heavy atom. The van der Waals surface area contributed by atoms with Gasteiger partial charge in [-0.2, -0.15) is 0 Å². The predicted octanol–water partition coefficient (Wildman–Crippen LogP) is 5.43. The van der Waals surface area contributed by atoms with Crippen LogP contribution < -0.4 is 0 Å². The normalized spacial score (nSPS) is 19.9. The summed E-state index contributed by atoms with van der Waals surface area (Å²) in [6, 6.07) is 29.9. The maximum Gasteiger partial charge on any atom is 0.0510 e. The van der Waals surface area contributed by atoms with Crippen molar-refractivity contribution in [3.05, 3.63) is 96.1 Å². The van der Waals surface area contributed by atoms with E-state index >= 15 is 0 Å². The number of fused-ring (bicyclic) bond motifs is 1. The second-order valence-corrected chi connectivity index (χ2v) is 8.37. The van der Waals surface area contributed by atoms with Gasteiger partial charge in [0.15, 0.2) is 0 Å². The van der Waals surface area contributed by atoms with Crippen LogP contribution in [-0.2, 0) is 6.54 Å². The highest BCUT2D eigenvalue weighted by Crippen LogP contribution is 2.36. The number of rotatable bonds is 5. The fourth-order valence-corrected chi connectivity index (χ4v) is 5.01. The van der Waals surface area contributed by atoms with Crippen molar-refractivity contribution in [2.24, 2.45) is 5.92 Å². The van der Waals surface area contributed by atoms with Crippen molar-refractivity contribution in [2.75, 3.05) is 19.7 Å². The number of para-hydroxylation sites is 1. The predicted molar refractivity (Wildman–Crippen MR) is 123 cm³/mol. The maximum atomic E-state index is 10.1. The molecule has 0 saturated carbocycles. The number of benzene rings is 3. The number of aromatic amines is 1. The van der Waals surface area contributed by atoms with E-state index in [-0.39, 0.29) is 12.5 Å². The van der Waals surface area contributed by atoms with Crippen LogP contribution in [0.2, 0.25) is 0 Å². The van der Waals surface area contributed by atoms with Gasteiger partial charge in [-0.3, -0.25) is 4.90 Å². The van der Waals surface area contributed by atoms with Crippen LogP contribution in [0.4, 0.5) is 0 Å². The van der Waals surface area contributed by atoms with Crippen LogP contribution in [0.5, 0.6) is 0 Å². The zero-order valence-corrected chi connectivity index (χ0v) is 17.2. The molecule has 3 nitrogen and oxygen atoms in total. The molecule has 4 aromatic rings. The number of hydrogen-bond acceptors (Lipinski definition) is 2. The van der Waals surface area contributed by atoms with Crippen LogP contribution in [0.15, 0.2) is 84.9 Å². The first kappa shape index (κ1) is 19.1. The second kappa shape index (κ2) is 8.47. The Morgan fingerprint density at radius 2 is 1.57 bits per heavy atom. The molecule has 1 aromatic heterocycles. The highest BCUT2D eigenvalue weighted by Gasteiger charge is 2.30. The number of H-pyrrole nitrogens is 1. The zero-order valence-electron chi connectivity index (χ0n) is 17.2. The summed E-state index contributed by atoms with van der Waals surface area (Å²) in [5, 5.41) is 11.4. The molecule has 30 heavy (non-hydrogen) atoms. The molecule has 5 rings (SSSR count). The standard InChI is InChI=1S/C27H28N2O/c30-19-22-17-29(16-15-23(22)20-9-3-1-4-10-20)18-25-24-13-7-8-14-26(24)28-27(25)21-11-5-2-6-12-21/h1-14,22-23,28,30H,15-19H2/t22-,23+/m0/s1. The Kier molecular flexibility index (Phi) is 5.39. The molecule has 2 heterocycles. The van der Waals surface area contributed by atoms with Crippen molar-refractivity contribution in [1.82, 2.24) is 9.88 Å². The summed E-state index contributed by atoms with van der Waals surface area (Å²) in [5.74, 6) is 0.704. The first-order valence-electron chi connectivity index (χ1n) is 10.9. The lowest BCUT2D eigenvalue weighted by molar-refractivity contribution is 0.0976. The zero-order chi connectivity index (χ0) is 20.3. The number of nitrogens with zero attached hydrogens (tertiary/aromatic N) is 1. The Balaban J connectivity index is 1.44. The molecule has 0 spiro atoms. The van der Waals surface area contributed by atoms with Crippen molar-refractivity contribution in [1.29, 1.82) is 0 Å². The summed E-state index contributed by atoms with van der Waals surface area (Å²) in [6.45, 7) is 3.09. The van der Waals surface area contributed by atoms with Gasteiger partial charge in [0.1, 0.15) is 0 Å². The van der Waals surface area contributed by atoms with Crippen LogP contribution >= 0.6 is 0 Å². The summed E-state index contributed by atoms with van der Waals surface area (Å²) in [5.41, 5.74) is 6.33. The average molecular weight is 397 g/mol. The third-order valence-corrected chi connectivity index (χ3v) is 6.54. The minimum Gasteiger partial charge on any atom is -0.396 e. The molecule has 3 aromatic carbocycles. The molecular weight excluding hydrogens is 368 g/mol. The summed E-state index contributed by atoms with van der Waals surface area (Å²) in [6.07, 6.45) is 1.08. The van der Waals surface area contributed by atoms with E-state index in [0.717, 1.165) is 26.1 Å². The van der Waals surface area contributed by atoms with Gasteiger partial charge in [0.2, 0.25) is 0 Å². The summed E-state index contributed by atoms with van der Waals surface area (Å²) < 4.78 is 0. The molecule has 2 atom stereocenters. The summed E-state index contributed by atoms with van der Waals surface area (Å²) in [7, 11) is 0. The van der Waals surface area contributed by atoms with Crippen molar-refractivity contribution in [3.63, 3.8) is 0 Å². The van der Waals surface area contributed by atoms with Crippen LogP contribution in [0.1, 0.15) is 23.5 Å². The Hall–Kier alpha value is -2.88. The van der Waals surface area contributed by atoms with E-state index in [0.29, 0.717) is 5.92 Å². The van der Waals surface area contributed by atoms with Gasteiger partial charge in [0.25, 0.3) is 0 Å². The monoisotopic (exact) mass is 396 g/mol. The van der Waals surface area contributed by atoms with Crippen molar-refractivity contribution in [2.45, 2.75) is 18.9 Å². The fourth-order valence-electron chi connectivity index (χ4n) is 5.01. The van der Waals surface area contributed by atoms with Gasteiger partial charge in [0, 0.05) is 36.5 Å². The Bertz CT molecular complexity index is 1100. The molecule has 0 unspecified atom stereocenters. The highest BCUT2D eigenvalue weighted by molar-refractivity contribution is 5.90. The Morgan fingerprint density at radius 3 is 2.33 bits per heavy atom. The topological polar surface area (TPSA) is 39.3 Å². The molecular formula is C27H28N2O. The van der Waals surface area contributed by atoms with Crippen molar-refractivity contribution < 1.29 is 5.11 Å². The van der Waals surface area contributed by atoms with Crippen LogP contribution in [-0.4, -0.2) is 34.7 Å². The number of aliphatic hydroxyl groups is 1. The maximum absolute atomic E-state index is 10.1. The van der Waals surface area contributed by atoms with E-state index in [1.807, 2.05) is 0 Å². The smallest absolute Gasteiger partial charge is 0.0510 e. The van der Waals surface area contributed by atoms with Gasteiger partial charge in [-0.1, -0.05) is 78.9 Å². The van der Waals surface area contributed by atoms with Gasteiger partial charge in [-0.05, 0) is 41.6 Å². The highest BCUT2D eigenvalue weighted by atomic mass is 16.3. The first-order chi connectivity index (χ1) is 14.8. The van der Waals surface area contributed by atoms with Crippen LogP contribution in [0.3, 0.4) is 0 Å². The van der Waals surface area contributed by atoms with E-state index in [4.69, 9.17) is 0 Å². The molecule has 0 radical (unpaired) electrons. The van der Waals surface area contributed by atoms with E-state index in [2.05, 4.69) is 94.8 Å². The van der Waals surface area contributed by atoms with Crippen molar-refractivity contribution in [3.8, 4) is 11.3 Å². The fraction of sp³-hybridized carbons (Fsp3) is 0.259. The molecule has 0 bridgehead atoms. The van der Waals surface area contributed by atoms with E-state index in [1.54, 1.807) is 0 Å². The lowest BCUT2D eigenvalue weighted by Crippen LogP contribution is -2.40. The van der Waals surface area contributed by atoms with Gasteiger partial charge in [-0.25, -0.2) is 0 Å². The molecule has 2 N–H and O–H groups in total. The number of likely N-dealkylation sites (tertiary alicyclic amines) is 1. The SMILES string of the molecule is OC[C@@H]1CN(Cc2c(-c3ccccc3)[nH]c3ccccc23)CC[C@@H]1c1ccccc1. The van der Waals surface area contributed by atoms with E-state index < -0.39 is 0 Å². The number of aromatic nitrogens is 1. The molecule has 1 aliphatic heterocycles. The summed E-state index contributed by atoms with van der Waals surface area (Å²) >= 11 is 0. The molecule has 1 aliphatic rings. The molecule has 0 aliphatic carbocycles. The lowest BCUT2D eigenvalue weighted by atomic mass is 9.81. The van der Waals surface area contributed by atoms with Gasteiger partial charge < -0.3 is 10.1 Å². The van der Waals surface area contributed by atoms with Gasteiger partial charge in [0.05, 0.1) is 5.69 Å². The molecule has 152 valence electrons. The van der Waals surface area contributed by atoms with Crippen LogP contribution in [0, 0.1) is 5.92 Å². The molecule has 1 fully saturated rings. The minimum absolute atomic E-state index is 0.232.